The van der Waals surface area contributed by atoms with Crippen LogP contribution in [0.3, 0.4) is 0 Å². The molecule has 0 aliphatic heterocycles. The SMILES string of the molecule is CCNCc1ccc(S(=O)(=O)NC2CC2C)o1. The molecule has 1 fully saturated rings. The lowest BCUT2D eigenvalue weighted by Crippen LogP contribution is -2.26. The van der Waals surface area contributed by atoms with Crippen molar-refractivity contribution >= 4 is 10.0 Å². The summed E-state index contributed by atoms with van der Waals surface area (Å²) in [5.74, 6) is 1.07. The first-order valence-corrected chi connectivity index (χ1v) is 7.33. The zero-order valence-corrected chi connectivity index (χ0v) is 10.9. The lowest BCUT2D eigenvalue weighted by Gasteiger charge is -2.02. The summed E-state index contributed by atoms with van der Waals surface area (Å²) in [6, 6.07) is 3.26. The molecule has 0 spiro atoms. The number of hydrogen-bond donors (Lipinski definition) is 2. The topological polar surface area (TPSA) is 71.3 Å². The van der Waals surface area contributed by atoms with E-state index in [0.717, 1.165) is 13.0 Å². The van der Waals surface area contributed by atoms with Gasteiger partial charge in [-0.3, -0.25) is 0 Å². The molecule has 96 valence electrons. The summed E-state index contributed by atoms with van der Waals surface area (Å²) in [6.45, 7) is 5.37. The molecule has 1 aromatic heterocycles. The van der Waals surface area contributed by atoms with Crippen LogP contribution in [0.1, 0.15) is 26.0 Å². The van der Waals surface area contributed by atoms with Gasteiger partial charge >= 0.3 is 0 Å². The highest BCUT2D eigenvalue weighted by Crippen LogP contribution is 2.30. The predicted octanol–water partition coefficient (Wildman–Crippen LogP) is 1.08. The van der Waals surface area contributed by atoms with Crippen molar-refractivity contribution in [1.29, 1.82) is 0 Å². The summed E-state index contributed by atoms with van der Waals surface area (Å²) < 4.78 is 31.7. The molecule has 1 aliphatic carbocycles. The van der Waals surface area contributed by atoms with Crippen molar-refractivity contribution in [3.05, 3.63) is 17.9 Å². The zero-order valence-electron chi connectivity index (χ0n) is 10.1. The van der Waals surface area contributed by atoms with Crippen molar-refractivity contribution in [3.63, 3.8) is 0 Å². The molecule has 0 bridgehead atoms. The smallest absolute Gasteiger partial charge is 0.274 e. The summed E-state index contributed by atoms with van der Waals surface area (Å²) in [7, 11) is -3.48. The maximum Gasteiger partial charge on any atom is 0.274 e. The number of sulfonamides is 1. The van der Waals surface area contributed by atoms with Crippen LogP contribution in [-0.4, -0.2) is 21.0 Å². The molecule has 0 saturated heterocycles. The monoisotopic (exact) mass is 258 g/mol. The molecule has 0 amide bonds. The molecule has 0 aromatic carbocycles. The zero-order chi connectivity index (χ0) is 12.5. The van der Waals surface area contributed by atoms with Gasteiger partial charge < -0.3 is 9.73 Å². The average molecular weight is 258 g/mol. The fraction of sp³-hybridized carbons (Fsp3) is 0.636. The quantitative estimate of drug-likeness (QED) is 0.801. The van der Waals surface area contributed by atoms with E-state index in [1.54, 1.807) is 6.07 Å². The lowest BCUT2D eigenvalue weighted by molar-refractivity contribution is 0.401. The van der Waals surface area contributed by atoms with Gasteiger partial charge in [0.05, 0.1) is 6.54 Å². The molecule has 2 rings (SSSR count). The summed E-state index contributed by atoms with van der Waals surface area (Å²) in [6.07, 6.45) is 0.907. The minimum atomic E-state index is -3.48. The molecule has 6 heteroatoms. The summed E-state index contributed by atoms with van der Waals surface area (Å²) in [4.78, 5) is 0. The molecule has 1 saturated carbocycles. The summed E-state index contributed by atoms with van der Waals surface area (Å²) >= 11 is 0. The van der Waals surface area contributed by atoms with Crippen molar-refractivity contribution in [2.45, 2.75) is 37.9 Å². The van der Waals surface area contributed by atoms with Crippen LogP contribution < -0.4 is 10.0 Å². The van der Waals surface area contributed by atoms with E-state index in [1.165, 1.54) is 6.07 Å². The first-order valence-electron chi connectivity index (χ1n) is 5.84. The Kier molecular flexibility index (Phi) is 3.56. The highest BCUT2D eigenvalue weighted by molar-refractivity contribution is 7.89. The van der Waals surface area contributed by atoms with Gasteiger partial charge in [-0.05, 0) is 31.0 Å². The minimum Gasteiger partial charge on any atom is -0.447 e. The Morgan fingerprint density at radius 3 is 2.76 bits per heavy atom. The standard InChI is InChI=1S/C11H18N2O3S/c1-3-12-7-9-4-5-11(16-9)17(14,15)13-10-6-8(10)2/h4-5,8,10,12-13H,3,6-7H2,1-2H3. The van der Waals surface area contributed by atoms with Gasteiger partial charge in [0, 0.05) is 6.04 Å². The Hall–Kier alpha value is -0.850. The van der Waals surface area contributed by atoms with Gasteiger partial charge in [-0.25, -0.2) is 13.1 Å². The van der Waals surface area contributed by atoms with Gasteiger partial charge in [-0.1, -0.05) is 13.8 Å². The van der Waals surface area contributed by atoms with Crippen molar-refractivity contribution in [1.82, 2.24) is 10.0 Å². The molecule has 2 unspecified atom stereocenters. The van der Waals surface area contributed by atoms with Crippen molar-refractivity contribution in [2.24, 2.45) is 5.92 Å². The van der Waals surface area contributed by atoms with E-state index in [1.807, 2.05) is 13.8 Å². The fourth-order valence-corrected chi connectivity index (χ4v) is 2.90. The first kappa shape index (κ1) is 12.6. The van der Waals surface area contributed by atoms with Crippen LogP contribution in [0.2, 0.25) is 0 Å². The maximum atomic E-state index is 11.9. The minimum absolute atomic E-state index is 0.00417. The van der Waals surface area contributed by atoms with Crippen LogP contribution in [0.4, 0.5) is 0 Å². The van der Waals surface area contributed by atoms with E-state index in [0.29, 0.717) is 18.2 Å². The molecular formula is C11H18N2O3S. The molecule has 2 N–H and O–H groups in total. The third-order valence-electron chi connectivity index (χ3n) is 2.87. The molecule has 1 aliphatic rings. The van der Waals surface area contributed by atoms with Crippen LogP contribution in [-0.2, 0) is 16.6 Å². The molecule has 0 radical (unpaired) electrons. The molecule has 1 heterocycles. The van der Waals surface area contributed by atoms with Crippen LogP contribution in [0.15, 0.2) is 21.6 Å². The van der Waals surface area contributed by atoms with Gasteiger partial charge in [-0.2, -0.15) is 0 Å². The molecule has 17 heavy (non-hydrogen) atoms. The summed E-state index contributed by atoms with van der Waals surface area (Å²) in [5.41, 5.74) is 0. The van der Waals surface area contributed by atoms with Crippen LogP contribution in [0.25, 0.3) is 0 Å². The van der Waals surface area contributed by atoms with Crippen LogP contribution >= 0.6 is 0 Å². The average Bonchev–Trinajstić information content (AvgIpc) is 2.81. The number of nitrogens with one attached hydrogen (secondary N) is 2. The van der Waals surface area contributed by atoms with E-state index in [9.17, 15) is 8.42 Å². The Bertz CT molecular complexity index is 481. The third kappa shape index (κ3) is 3.08. The second-order valence-electron chi connectivity index (χ2n) is 4.44. The third-order valence-corrected chi connectivity index (χ3v) is 4.23. The Labute approximate surface area is 102 Å². The Morgan fingerprint density at radius 2 is 2.18 bits per heavy atom. The first-order chi connectivity index (χ1) is 8.03. The second kappa shape index (κ2) is 4.80. The molecule has 1 aromatic rings. The predicted molar refractivity (Wildman–Crippen MR) is 64.0 cm³/mol. The Balaban J connectivity index is 2.02. The highest BCUT2D eigenvalue weighted by atomic mass is 32.2. The van der Waals surface area contributed by atoms with E-state index in [2.05, 4.69) is 10.0 Å². The number of rotatable bonds is 6. The van der Waals surface area contributed by atoms with Crippen molar-refractivity contribution in [2.75, 3.05) is 6.54 Å². The van der Waals surface area contributed by atoms with E-state index < -0.39 is 10.0 Å². The number of hydrogen-bond acceptors (Lipinski definition) is 4. The van der Waals surface area contributed by atoms with Crippen LogP contribution in [0, 0.1) is 5.92 Å². The molecule has 2 atom stereocenters. The van der Waals surface area contributed by atoms with Crippen molar-refractivity contribution in [3.8, 4) is 0 Å². The normalized spacial score (nSPS) is 23.9. The van der Waals surface area contributed by atoms with Crippen molar-refractivity contribution < 1.29 is 12.8 Å². The van der Waals surface area contributed by atoms with Gasteiger partial charge in [0.25, 0.3) is 10.0 Å². The fourth-order valence-electron chi connectivity index (χ4n) is 1.59. The second-order valence-corrected chi connectivity index (χ2v) is 6.09. The maximum absolute atomic E-state index is 11.9. The van der Waals surface area contributed by atoms with E-state index in [4.69, 9.17) is 4.42 Å². The van der Waals surface area contributed by atoms with Crippen LogP contribution in [0.5, 0.6) is 0 Å². The van der Waals surface area contributed by atoms with Gasteiger partial charge in [-0.15, -0.1) is 0 Å². The highest BCUT2D eigenvalue weighted by Gasteiger charge is 2.37. The van der Waals surface area contributed by atoms with E-state index in [-0.39, 0.29) is 11.1 Å². The Morgan fingerprint density at radius 1 is 1.47 bits per heavy atom. The largest absolute Gasteiger partial charge is 0.447 e. The molecular weight excluding hydrogens is 240 g/mol. The van der Waals surface area contributed by atoms with Gasteiger partial charge in [0.1, 0.15) is 5.76 Å². The summed E-state index contributed by atoms with van der Waals surface area (Å²) in [5, 5.41) is 3.08. The lowest BCUT2D eigenvalue weighted by atomic mass is 10.4. The molecule has 5 nitrogen and oxygen atoms in total. The van der Waals surface area contributed by atoms with Gasteiger partial charge in [0.2, 0.25) is 5.09 Å². The van der Waals surface area contributed by atoms with E-state index >= 15 is 0 Å². The van der Waals surface area contributed by atoms with Gasteiger partial charge in [0.15, 0.2) is 0 Å². The number of furan rings is 1.